The number of rotatable bonds is 4. The van der Waals surface area contributed by atoms with Gasteiger partial charge in [-0.05, 0) is 48.9 Å². The number of nitrogens with one attached hydrogen (secondary N) is 2. The summed E-state index contributed by atoms with van der Waals surface area (Å²) in [6, 6.07) is 6.15. The highest BCUT2D eigenvalue weighted by Crippen LogP contribution is 2.21. The molecule has 0 radical (unpaired) electrons. The molecule has 1 aliphatic heterocycles. The molecule has 1 fully saturated rings. The van der Waals surface area contributed by atoms with Crippen LogP contribution in [0.25, 0.3) is 6.08 Å². The van der Waals surface area contributed by atoms with Crippen molar-refractivity contribution < 1.29 is 9.59 Å². The van der Waals surface area contributed by atoms with E-state index in [2.05, 4.69) is 27.7 Å². The van der Waals surface area contributed by atoms with E-state index < -0.39 is 0 Å². The van der Waals surface area contributed by atoms with Crippen LogP contribution in [-0.2, 0) is 11.2 Å². The van der Waals surface area contributed by atoms with Crippen LogP contribution in [0, 0.1) is 0 Å². The van der Waals surface area contributed by atoms with Gasteiger partial charge in [-0.25, -0.2) is 0 Å². The van der Waals surface area contributed by atoms with Gasteiger partial charge in [0.1, 0.15) is 0 Å². The lowest BCUT2D eigenvalue weighted by Crippen LogP contribution is -2.47. The van der Waals surface area contributed by atoms with Crippen molar-refractivity contribution in [1.82, 2.24) is 15.5 Å². The lowest BCUT2D eigenvalue weighted by molar-refractivity contribution is -0.122. The van der Waals surface area contributed by atoms with Crippen molar-refractivity contribution >= 4 is 17.9 Å². The molecule has 128 valence electrons. The Morgan fingerprint density at radius 1 is 1.25 bits per heavy atom. The summed E-state index contributed by atoms with van der Waals surface area (Å²) in [4.78, 5) is 26.0. The predicted octanol–water partition coefficient (Wildman–Crippen LogP) is 1.59. The molecular weight excluding hydrogens is 302 g/mol. The van der Waals surface area contributed by atoms with Crippen molar-refractivity contribution in [2.24, 2.45) is 0 Å². The predicted molar refractivity (Wildman–Crippen MR) is 94.8 cm³/mol. The van der Waals surface area contributed by atoms with Gasteiger partial charge in [-0.15, -0.1) is 0 Å². The number of allylic oxidation sites excluding steroid dienone is 1. The maximum Gasteiger partial charge on any atom is 0.251 e. The van der Waals surface area contributed by atoms with Gasteiger partial charge in [-0.2, -0.15) is 0 Å². The molecule has 24 heavy (non-hydrogen) atoms. The molecule has 0 spiro atoms. The fourth-order valence-corrected chi connectivity index (χ4v) is 3.36. The summed E-state index contributed by atoms with van der Waals surface area (Å²) in [5.74, 6) is 0.0534. The number of carbonyl (C=O) groups is 2. The number of amides is 2. The molecule has 0 bridgehead atoms. The van der Waals surface area contributed by atoms with E-state index in [9.17, 15) is 9.59 Å². The van der Waals surface area contributed by atoms with Crippen molar-refractivity contribution in [3.8, 4) is 0 Å². The minimum absolute atomic E-state index is 0.0112. The number of carbonyl (C=O) groups excluding carboxylic acids is 2. The smallest absolute Gasteiger partial charge is 0.251 e. The molecule has 3 rings (SSSR count). The van der Waals surface area contributed by atoms with Gasteiger partial charge >= 0.3 is 0 Å². The Morgan fingerprint density at radius 2 is 2.04 bits per heavy atom. The largest absolute Gasteiger partial charge is 0.358 e. The second kappa shape index (κ2) is 7.62. The number of aryl methyl sites for hydroxylation is 1. The Bertz CT molecular complexity index is 646. The van der Waals surface area contributed by atoms with E-state index in [0.717, 1.165) is 44.3 Å². The third-order valence-corrected chi connectivity index (χ3v) is 4.85. The zero-order valence-electron chi connectivity index (χ0n) is 14.2. The van der Waals surface area contributed by atoms with Crippen LogP contribution in [0.3, 0.4) is 0 Å². The number of likely N-dealkylation sites (N-methyl/N-ethyl adjacent to an activating group) is 1. The number of benzene rings is 1. The van der Waals surface area contributed by atoms with E-state index in [1.54, 1.807) is 7.05 Å². The van der Waals surface area contributed by atoms with Crippen molar-refractivity contribution in [3.63, 3.8) is 0 Å². The SMILES string of the molecule is CNC(=O)CN1CCC(NC(=O)c2ccc3c(c2)CCC=C3)CC1. The van der Waals surface area contributed by atoms with Gasteiger partial charge in [-0.1, -0.05) is 18.2 Å². The number of hydrogen-bond acceptors (Lipinski definition) is 3. The topological polar surface area (TPSA) is 61.4 Å². The summed E-state index contributed by atoms with van der Waals surface area (Å²) < 4.78 is 0. The molecule has 0 atom stereocenters. The molecule has 1 aromatic rings. The van der Waals surface area contributed by atoms with E-state index in [1.807, 2.05) is 18.2 Å². The van der Waals surface area contributed by atoms with Crippen LogP contribution in [0.15, 0.2) is 24.3 Å². The Kier molecular flexibility index (Phi) is 5.30. The molecule has 0 unspecified atom stereocenters. The molecule has 0 saturated carbocycles. The molecule has 5 nitrogen and oxygen atoms in total. The van der Waals surface area contributed by atoms with Crippen molar-refractivity contribution in [3.05, 3.63) is 41.0 Å². The van der Waals surface area contributed by atoms with Crippen LogP contribution in [0.2, 0.25) is 0 Å². The minimum atomic E-state index is 0.0112. The summed E-state index contributed by atoms with van der Waals surface area (Å²) in [5.41, 5.74) is 3.22. The summed E-state index contributed by atoms with van der Waals surface area (Å²) in [6.07, 6.45) is 8.12. The third kappa shape index (κ3) is 4.03. The van der Waals surface area contributed by atoms with Crippen LogP contribution in [-0.4, -0.2) is 49.4 Å². The van der Waals surface area contributed by atoms with E-state index in [0.29, 0.717) is 6.54 Å². The number of fused-ring (bicyclic) bond motifs is 1. The molecule has 1 aromatic carbocycles. The van der Waals surface area contributed by atoms with E-state index in [1.165, 1.54) is 11.1 Å². The van der Waals surface area contributed by atoms with Gasteiger partial charge in [-0.3, -0.25) is 14.5 Å². The average Bonchev–Trinajstić information content (AvgIpc) is 2.62. The minimum Gasteiger partial charge on any atom is -0.358 e. The maximum atomic E-state index is 12.5. The molecule has 2 aliphatic rings. The van der Waals surface area contributed by atoms with E-state index in [-0.39, 0.29) is 17.9 Å². The van der Waals surface area contributed by atoms with Crippen molar-refractivity contribution in [2.45, 2.75) is 31.7 Å². The maximum absolute atomic E-state index is 12.5. The lowest BCUT2D eigenvalue weighted by Gasteiger charge is -2.31. The van der Waals surface area contributed by atoms with Crippen molar-refractivity contribution in [1.29, 1.82) is 0 Å². The van der Waals surface area contributed by atoms with Gasteiger partial charge < -0.3 is 10.6 Å². The molecule has 2 amide bonds. The summed E-state index contributed by atoms with van der Waals surface area (Å²) >= 11 is 0. The van der Waals surface area contributed by atoms with Crippen molar-refractivity contribution in [2.75, 3.05) is 26.7 Å². The zero-order valence-corrected chi connectivity index (χ0v) is 14.2. The van der Waals surface area contributed by atoms with E-state index >= 15 is 0 Å². The molecule has 5 heteroatoms. The second-order valence-electron chi connectivity index (χ2n) is 6.55. The molecule has 2 N–H and O–H groups in total. The monoisotopic (exact) mass is 327 g/mol. The third-order valence-electron chi connectivity index (χ3n) is 4.85. The first-order chi connectivity index (χ1) is 11.7. The Morgan fingerprint density at radius 3 is 2.79 bits per heavy atom. The number of nitrogens with zero attached hydrogens (tertiary/aromatic N) is 1. The molecule has 1 aliphatic carbocycles. The normalized spacial score (nSPS) is 18.0. The summed E-state index contributed by atoms with van der Waals surface area (Å²) in [7, 11) is 1.66. The first-order valence-electron chi connectivity index (χ1n) is 8.69. The highest BCUT2D eigenvalue weighted by molar-refractivity contribution is 5.95. The van der Waals surface area contributed by atoms with Gasteiger partial charge in [0.15, 0.2) is 0 Å². The standard InChI is InChI=1S/C19H25N3O2/c1-20-18(23)13-22-10-8-17(9-11-22)21-19(24)16-7-6-14-4-2-3-5-15(14)12-16/h2,4,6-7,12,17H,3,5,8-11,13H2,1H3,(H,20,23)(H,21,24). The fourth-order valence-electron chi connectivity index (χ4n) is 3.36. The zero-order chi connectivity index (χ0) is 16.9. The first kappa shape index (κ1) is 16.7. The highest BCUT2D eigenvalue weighted by atomic mass is 16.2. The van der Waals surface area contributed by atoms with Gasteiger partial charge in [0.05, 0.1) is 6.54 Å². The molecule has 1 saturated heterocycles. The Labute approximate surface area is 143 Å². The first-order valence-corrected chi connectivity index (χ1v) is 8.69. The van der Waals surface area contributed by atoms with Gasteiger partial charge in [0.2, 0.25) is 5.91 Å². The van der Waals surface area contributed by atoms with Crippen LogP contribution in [0.1, 0.15) is 40.7 Å². The van der Waals surface area contributed by atoms with Crippen LogP contribution in [0.4, 0.5) is 0 Å². The van der Waals surface area contributed by atoms with Crippen LogP contribution >= 0.6 is 0 Å². The molecule has 0 aromatic heterocycles. The lowest BCUT2D eigenvalue weighted by atomic mass is 9.95. The Hall–Kier alpha value is -2.14. The molecule has 1 heterocycles. The number of likely N-dealkylation sites (tertiary alicyclic amines) is 1. The molecular formula is C19H25N3O2. The van der Waals surface area contributed by atoms with Gasteiger partial charge in [0.25, 0.3) is 5.91 Å². The summed E-state index contributed by atoms with van der Waals surface area (Å²) in [5, 5.41) is 5.79. The van der Waals surface area contributed by atoms with Crippen LogP contribution < -0.4 is 10.6 Å². The quantitative estimate of drug-likeness (QED) is 0.883. The Balaban J connectivity index is 1.53. The van der Waals surface area contributed by atoms with Crippen LogP contribution in [0.5, 0.6) is 0 Å². The second-order valence-corrected chi connectivity index (χ2v) is 6.55. The fraction of sp³-hybridized carbons (Fsp3) is 0.474. The van der Waals surface area contributed by atoms with Gasteiger partial charge in [0, 0.05) is 31.7 Å². The number of piperidine rings is 1. The summed E-state index contributed by atoms with van der Waals surface area (Å²) in [6.45, 7) is 2.12. The highest BCUT2D eigenvalue weighted by Gasteiger charge is 2.22. The average molecular weight is 327 g/mol. The van der Waals surface area contributed by atoms with E-state index in [4.69, 9.17) is 0 Å². The number of hydrogen-bond donors (Lipinski definition) is 2.